The first-order valence-electron chi connectivity index (χ1n) is 3.73. The van der Waals surface area contributed by atoms with Gasteiger partial charge in [-0.05, 0) is 12.8 Å². The second-order valence-corrected chi connectivity index (χ2v) is 5.10. The molecule has 0 aromatic carbocycles. The summed E-state index contributed by atoms with van der Waals surface area (Å²) < 4.78 is 24.1. The Morgan fingerprint density at radius 1 is 1.36 bits per heavy atom. The Morgan fingerprint density at radius 2 is 1.91 bits per heavy atom. The van der Waals surface area contributed by atoms with Gasteiger partial charge in [0.05, 0.1) is 6.10 Å². The second-order valence-electron chi connectivity index (χ2n) is 2.78. The van der Waals surface area contributed by atoms with E-state index in [1.54, 1.807) is 0 Å². The van der Waals surface area contributed by atoms with Gasteiger partial charge in [-0.15, -0.1) is 0 Å². The standard InChI is InChI=1S/C6H12O3S2/c7-11(8,10)9-6-4-2-1-3-5-6/h6H,1-5H2,(H,7,8,10). The third-order valence-corrected chi connectivity index (χ3v) is 2.56. The van der Waals surface area contributed by atoms with Crippen LogP contribution in [0.2, 0.25) is 0 Å². The Balaban J connectivity index is 2.36. The third kappa shape index (κ3) is 4.00. The van der Waals surface area contributed by atoms with Crippen LogP contribution in [0.25, 0.3) is 0 Å². The quantitative estimate of drug-likeness (QED) is 0.726. The van der Waals surface area contributed by atoms with Crippen molar-refractivity contribution in [1.29, 1.82) is 0 Å². The molecule has 0 saturated heterocycles. The summed E-state index contributed by atoms with van der Waals surface area (Å²) in [6, 6.07) is 0. The lowest BCUT2D eigenvalue weighted by Crippen LogP contribution is -2.19. The van der Waals surface area contributed by atoms with E-state index in [2.05, 4.69) is 11.2 Å². The van der Waals surface area contributed by atoms with Gasteiger partial charge in [-0.1, -0.05) is 19.3 Å². The molecule has 0 aromatic heterocycles. The maximum absolute atomic E-state index is 10.6. The van der Waals surface area contributed by atoms with Gasteiger partial charge in [0.15, 0.2) is 0 Å². The van der Waals surface area contributed by atoms with E-state index in [4.69, 9.17) is 8.74 Å². The molecule has 1 aliphatic carbocycles. The molecule has 1 atom stereocenters. The van der Waals surface area contributed by atoms with Crippen LogP contribution in [0.1, 0.15) is 32.1 Å². The van der Waals surface area contributed by atoms with Crippen molar-refractivity contribution in [2.45, 2.75) is 38.2 Å². The van der Waals surface area contributed by atoms with Crippen LogP contribution in [0.3, 0.4) is 0 Å². The predicted molar refractivity (Wildman–Crippen MR) is 46.1 cm³/mol. The maximum atomic E-state index is 10.6. The molecule has 0 aliphatic heterocycles. The molecule has 0 radical (unpaired) electrons. The Hall–Kier alpha value is 0.290. The fraction of sp³-hybridized carbons (Fsp3) is 1.00. The van der Waals surface area contributed by atoms with Crippen molar-refractivity contribution < 1.29 is 12.9 Å². The highest BCUT2D eigenvalue weighted by molar-refractivity contribution is 8.27. The maximum Gasteiger partial charge on any atom is 0.266 e. The zero-order chi connectivity index (χ0) is 8.32. The van der Waals surface area contributed by atoms with Crippen LogP contribution >= 0.6 is 0 Å². The SMILES string of the molecule is O=S(O)(=S)OC1CCCCC1. The molecule has 0 aromatic rings. The Bertz CT molecular complexity index is 204. The van der Waals surface area contributed by atoms with E-state index < -0.39 is 9.05 Å². The summed E-state index contributed by atoms with van der Waals surface area (Å²) in [5.41, 5.74) is 0. The average molecular weight is 196 g/mol. The van der Waals surface area contributed by atoms with Crippen LogP contribution in [-0.2, 0) is 24.4 Å². The van der Waals surface area contributed by atoms with E-state index in [0.29, 0.717) is 0 Å². The van der Waals surface area contributed by atoms with E-state index in [0.717, 1.165) is 25.7 Å². The van der Waals surface area contributed by atoms with Gasteiger partial charge >= 0.3 is 0 Å². The minimum absolute atomic E-state index is 0.0845. The summed E-state index contributed by atoms with van der Waals surface area (Å²) in [7, 11) is -3.39. The molecule has 1 aliphatic rings. The van der Waals surface area contributed by atoms with Gasteiger partial charge < -0.3 is 0 Å². The first kappa shape index (κ1) is 9.38. The van der Waals surface area contributed by atoms with Gasteiger partial charge in [-0.3, -0.25) is 8.74 Å². The molecule has 0 amide bonds. The Labute approximate surface area is 71.8 Å². The molecule has 1 unspecified atom stereocenters. The van der Waals surface area contributed by atoms with E-state index in [1.165, 1.54) is 6.42 Å². The average Bonchev–Trinajstić information content (AvgIpc) is 1.85. The summed E-state index contributed by atoms with van der Waals surface area (Å²) in [6.45, 7) is 0. The fourth-order valence-corrected chi connectivity index (χ4v) is 2.20. The van der Waals surface area contributed by atoms with E-state index in [1.807, 2.05) is 0 Å². The lowest BCUT2D eigenvalue weighted by molar-refractivity contribution is 0.157. The fourth-order valence-electron chi connectivity index (χ4n) is 1.33. The smallest absolute Gasteiger partial charge is 0.266 e. The molecule has 66 valence electrons. The van der Waals surface area contributed by atoms with E-state index in [-0.39, 0.29) is 6.10 Å². The highest BCUT2D eigenvalue weighted by atomic mass is 32.9. The van der Waals surface area contributed by atoms with Crippen LogP contribution in [0, 0.1) is 0 Å². The molecule has 3 nitrogen and oxygen atoms in total. The van der Waals surface area contributed by atoms with Crippen LogP contribution in [-0.4, -0.2) is 14.9 Å². The molecule has 1 N–H and O–H groups in total. The molecule has 0 heterocycles. The molecule has 1 rings (SSSR count). The van der Waals surface area contributed by atoms with Gasteiger partial charge in [0, 0.05) is 11.2 Å². The number of rotatable bonds is 2. The van der Waals surface area contributed by atoms with Crippen molar-refractivity contribution in [3.63, 3.8) is 0 Å². The molecule has 1 fully saturated rings. The zero-order valence-corrected chi connectivity index (χ0v) is 7.83. The van der Waals surface area contributed by atoms with Crippen LogP contribution < -0.4 is 0 Å². The summed E-state index contributed by atoms with van der Waals surface area (Å²) in [6.07, 6.45) is 5.01. The molecule has 5 heteroatoms. The predicted octanol–water partition coefficient (Wildman–Crippen LogP) is 1.47. The van der Waals surface area contributed by atoms with Crippen molar-refractivity contribution in [3.05, 3.63) is 0 Å². The molecule has 11 heavy (non-hydrogen) atoms. The number of hydrogen-bond donors (Lipinski definition) is 1. The zero-order valence-electron chi connectivity index (χ0n) is 6.19. The first-order valence-corrected chi connectivity index (χ1v) is 6.10. The summed E-state index contributed by atoms with van der Waals surface area (Å²) in [5.74, 6) is 0. The second kappa shape index (κ2) is 3.80. The first-order chi connectivity index (χ1) is 5.08. The van der Waals surface area contributed by atoms with Crippen molar-refractivity contribution in [1.82, 2.24) is 0 Å². The minimum atomic E-state index is -3.39. The summed E-state index contributed by atoms with van der Waals surface area (Å²) in [5, 5.41) is 0. The van der Waals surface area contributed by atoms with Crippen LogP contribution in [0.5, 0.6) is 0 Å². The summed E-state index contributed by atoms with van der Waals surface area (Å²) >= 11 is 4.23. The third-order valence-electron chi connectivity index (χ3n) is 1.81. The lowest BCUT2D eigenvalue weighted by Gasteiger charge is -2.20. The van der Waals surface area contributed by atoms with Crippen molar-refractivity contribution >= 4 is 20.2 Å². The van der Waals surface area contributed by atoms with Crippen LogP contribution in [0.4, 0.5) is 0 Å². The highest BCUT2D eigenvalue weighted by Gasteiger charge is 2.17. The van der Waals surface area contributed by atoms with Crippen molar-refractivity contribution in [2.24, 2.45) is 0 Å². The lowest BCUT2D eigenvalue weighted by atomic mass is 9.98. The van der Waals surface area contributed by atoms with Gasteiger partial charge in [0.1, 0.15) is 0 Å². The monoisotopic (exact) mass is 196 g/mol. The highest BCUT2D eigenvalue weighted by Crippen LogP contribution is 2.21. The van der Waals surface area contributed by atoms with Gasteiger partial charge in [-0.25, -0.2) is 0 Å². The Kier molecular flexibility index (Phi) is 3.24. The molecular weight excluding hydrogens is 184 g/mol. The molecular formula is C6H12O3S2. The van der Waals surface area contributed by atoms with E-state index >= 15 is 0 Å². The van der Waals surface area contributed by atoms with Crippen molar-refractivity contribution in [2.75, 3.05) is 0 Å². The largest absolute Gasteiger partial charge is 0.285 e. The normalized spacial score (nSPS) is 26.3. The Morgan fingerprint density at radius 3 is 2.36 bits per heavy atom. The van der Waals surface area contributed by atoms with Crippen LogP contribution in [0.15, 0.2) is 0 Å². The molecule has 0 spiro atoms. The van der Waals surface area contributed by atoms with Gasteiger partial charge in [0.2, 0.25) is 0 Å². The molecule has 0 bridgehead atoms. The van der Waals surface area contributed by atoms with Gasteiger partial charge in [-0.2, -0.15) is 4.21 Å². The minimum Gasteiger partial charge on any atom is -0.285 e. The summed E-state index contributed by atoms with van der Waals surface area (Å²) in [4.78, 5) is 0. The topological polar surface area (TPSA) is 46.5 Å². The molecule has 1 saturated carbocycles. The number of hydrogen-bond acceptors (Lipinski definition) is 3. The van der Waals surface area contributed by atoms with E-state index in [9.17, 15) is 4.21 Å². The van der Waals surface area contributed by atoms with Gasteiger partial charge in [0.25, 0.3) is 9.05 Å². The van der Waals surface area contributed by atoms with Crippen molar-refractivity contribution in [3.8, 4) is 0 Å².